The largest absolute Gasteiger partial charge is 0.497 e. The summed E-state index contributed by atoms with van der Waals surface area (Å²) in [7, 11) is 3.24. The number of carbonyl (C=O) groups is 2. The van der Waals surface area contributed by atoms with Crippen LogP contribution in [-0.2, 0) is 0 Å². The molecule has 2 aromatic rings. The number of aliphatic hydroxyl groups is 2. The monoisotopic (exact) mass is 510 g/mol. The van der Waals surface area contributed by atoms with Crippen LogP contribution in [0.15, 0.2) is 36.5 Å². The van der Waals surface area contributed by atoms with Crippen molar-refractivity contribution < 1.29 is 29.3 Å². The molecule has 1 aromatic heterocycles. The minimum absolute atomic E-state index is 0.128. The van der Waals surface area contributed by atoms with Crippen molar-refractivity contribution in [1.82, 2.24) is 14.8 Å². The average molecular weight is 511 g/mol. The third kappa shape index (κ3) is 7.12. The number of benzene rings is 1. The number of methoxy groups -OCH3 is 1. The lowest BCUT2D eigenvalue weighted by atomic mass is 10.00. The molecule has 0 unspecified atom stereocenters. The zero-order valence-electron chi connectivity index (χ0n) is 21.8. The molecule has 0 bridgehead atoms. The average Bonchev–Trinajstić information content (AvgIpc) is 2.89. The molecular formula is C27H34N4O6. The number of anilines is 1. The Morgan fingerprint density at radius 1 is 1.35 bits per heavy atom. The van der Waals surface area contributed by atoms with E-state index in [0.29, 0.717) is 23.5 Å². The fraction of sp³-hybridized carbons (Fsp3) is 0.444. The van der Waals surface area contributed by atoms with Crippen molar-refractivity contribution in [1.29, 1.82) is 0 Å². The van der Waals surface area contributed by atoms with Gasteiger partial charge in [0.1, 0.15) is 23.5 Å². The van der Waals surface area contributed by atoms with E-state index in [1.54, 1.807) is 63.2 Å². The van der Waals surface area contributed by atoms with Gasteiger partial charge in [0.25, 0.3) is 5.91 Å². The molecule has 2 heterocycles. The van der Waals surface area contributed by atoms with Crippen LogP contribution >= 0.6 is 0 Å². The highest BCUT2D eigenvalue weighted by atomic mass is 16.5. The second-order valence-electron chi connectivity index (χ2n) is 9.18. The van der Waals surface area contributed by atoms with Crippen molar-refractivity contribution in [3.8, 4) is 23.5 Å². The molecular weight excluding hydrogens is 476 g/mol. The summed E-state index contributed by atoms with van der Waals surface area (Å²) in [5, 5.41) is 22.1. The van der Waals surface area contributed by atoms with Gasteiger partial charge in [0.2, 0.25) is 5.88 Å². The third-order valence-corrected chi connectivity index (χ3v) is 6.09. The van der Waals surface area contributed by atoms with Crippen LogP contribution in [0, 0.1) is 17.8 Å². The molecule has 10 heteroatoms. The molecule has 0 spiro atoms. The van der Waals surface area contributed by atoms with Crippen molar-refractivity contribution >= 4 is 17.6 Å². The van der Waals surface area contributed by atoms with E-state index >= 15 is 0 Å². The second-order valence-corrected chi connectivity index (χ2v) is 9.18. The minimum atomic E-state index is -0.829. The number of hydrogen-bond acceptors (Lipinski definition) is 7. The molecule has 198 valence electrons. The molecule has 4 atom stereocenters. The van der Waals surface area contributed by atoms with E-state index in [1.807, 2.05) is 6.92 Å². The van der Waals surface area contributed by atoms with Gasteiger partial charge >= 0.3 is 6.03 Å². The maximum absolute atomic E-state index is 13.4. The molecule has 1 aliphatic heterocycles. The minimum Gasteiger partial charge on any atom is -0.497 e. The Hall–Kier alpha value is -3.81. The van der Waals surface area contributed by atoms with Crippen molar-refractivity contribution in [2.45, 2.75) is 39.0 Å². The van der Waals surface area contributed by atoms with Crippen LogP contribution in [0.2, 0.25) is 0 Å². The van der Waals surface area contributed by atoms with Crippen LogP contribution in [-0.4, -0.2) is 89.0 Å². The summed E-state index contributed by atoms with van der Waals surface area (Å²) in [4.78, 5) is 33.7. The zero-order chi connectivity index (χ0) is 27.1. The number of nitrogens with one attached hydrogen (secondary N) is 1. The van der Waals surface area contributed by atoms with Gasteiger partial charge in [0.15, 0.2) is 0 Å². The van der Waals surface area contributed by atoms with Gasteiger partial charge in [-0.05, 0) is 44.2 Å². The topological polar surface area (TPSA) is 124 Å². The number of hydrogen-bond donors (Lipinski definition) is 3. The van der Waals surface area contributed by atoms with E-state index in [1.165, 1.54) is 11.1 Å². The van der Waals surface area contributed by atoms with Crippen molar-refractivity contribution in [2.24, 2.45) is 5.92 Å². The summed E-state index contributed by atoms with van der Waals surface area (Å²) in [6.45, 7) is 5.56. The second kappa shape index (κ2) is 12.4. The van der Waals surface area contributed by atoms with E-state index in [4.69, 9.17) is 9.47 Å². The van der Waals surface area contributed by atoms with Crippen molar-refractivity contribution in [2.75, 3.05) is 39.2 Å². The van der Waals surface area contributed by atoms with Crippen LogP contribution in [0.5, 0.6) is 11.6 Å². The normalized spacial score (nSPS) is 18.7. The van der Waals surface area contributed by atoms with Crippen LogP contribution in [0.25, 0.3) is 0 Å². The number of fused-ring (bicyclic) bond motifs is 1. The van der Waals surface area contributed by atoms with Gasteiger partial charge in [-0.1, -0.05) is 18.8 Å². The van der Waals surface area contributed by atoms with Gasteiger partial charge in [-0.3, -0.25) is 4.79 Å². The van der Waals surface area contributed by atoms with E-state index in [0.717, 1.165) is 0 Å². The summed E-state index contributed by atoms with van der Waals surface area (Å²) in [5.74, 6) is 5.74. The molecule has 1 aliphatic rings. The number of aliphatic hydroxyl groups excluding tert-OH is 2. The van der Waals surface area contributed by atoms with Crippen LogP contribution < -0.4 is 14.8 Å². The lowest BCUT2D eigenvalue weighted by Gasteiger charge is -2.37. The molecule has 0 saturated heterocycles. The summed E-state index contributed by atoms with van der Waals surface area (Å²) in [5.41, 5.74) is 1.28. The molecule has 0 radical (unpaired) electrons. The summed E-state index contributed by atoms with van der Waals surface area (Å²) in [6.07, 6.45) is 0.156. The SMILES string of the molecule is COc1ccc(NC(=O)N(C)C[C@@H]2Oc3ncc(C#C[C@@H](C)O)cc3C(=O)N([C@H](C)CO)C[C@@H]2C)cc1. The number of carbonyl (C=O) groups excluding carboxylic acids is 2. The van der Waals surface area contributed by atoms with Crippen LogP contribution in [0.3, 0.4) is 0 Å². The lowest BCUT2D eigenvalue weighted by molar-refractivity contribution is 0.0356. The van der Waals surface area contributed by atoms with Gasteiger partial charge in [0.05, 0.1) is 26.3 Å². The molecule has 10 nitrogen and oxygen atoms in total. The van der Waals surface area contributed by atoms with E-state index in [2.05, 4.69) is 22.1 Å². The van der Waals surface area contributed by atoms with Crippen LogP contribution in [0.4, 0.5) is 10.5 Å². The number of ether oxygens (including phenoxy) is 2. The Labute approximate surface area is 217 Å². The lowest BCUT2D eigenvalue weighted by Crippen LogP contribution is -2.50. The summed E-state index contributed by atoms with van der Waals surface area (Å²) >= 11 is 0. The first-order valence-electron chi connectivity index (χ1n) is 12.1. The van der Waals surface area contributed by atoms with E-state index < -0.39 is 18.2 Å². The number of aromatic nitrogens is 1. The molecule has 0 saturated carbocycles. The number of nitrogens with zero attached hydrogens (tertiary/aromatic N) is 3. The number of likely N-dealkylation sites (N-methyl/N-ethyl adjacent to an activating group) is 1. The molecule has 0 aliphatic carbocycles. The first-order chi connectivity index (χ1) is 17.6. The smallest absolute Gasteiger partial charge is 0.321 e. The maximum Gasteiger partial charge on any atom is 0.321 e. The Bertz CT molecular complexity index is 1160. The van der Waals surface area contributed by atoms with Crippen LogP contribution in [0.1, 0.15) is 36.7 Å². The molecule has 0 fully saturated rings. The predicted octanol–water partition coefficient (Wildman–Crippen LogP) is 2.21. The third-order valence-electron chi connectivity index (χ3n) is 6.09. The highest BCUT2D eigenvalue weighted by molar-refractivity contribution is 5.97. The molecule has 3 amide bonds. The highest BCUT2D eigenvalue weighted by Crippen LogP contribution is 2.27. The highest BCUT2D eigenvalue weighted by Gasteiger charge is 2.34. The summed E-state index contributed by atoms with van der Waals surface area (Å²) < 4.78 is 11.4. The van der Waals surface area contributed by atoms with Gasteiger partial charge < -0.3 is 34.8 Å². The fourth-order valence-corrected chi connectivity index (χ4v) is 3.82. The molecule has 1 aromatic carbocycles. The molecule has 37 heavy (non-hydrogen) atoms. The van der Waals surface area contributed by atoms with Gasteiger partial charge in [0, 0.05) is 37.0 Å². The van der Waals surface area contributed by atoms with E-state index in [9.17, 15) is 19.8 Å². The predicted molar refractivity (Wildman–Crippen MR) is 139 cm³/mol. The zero-order valence-corrected chi connectivity index (χ0v) is 21.8. The standard InChI is InChI=1S/C27H34N4O6/c1-17-14-31(18(2)16-32)26(34)23-12-20(7-6-19(3)33)13-28-25(23)37-24(17)15-30(4)27(35)29-21-8-10-22(36-5)11-9-21/h8-13,17-19,24,32-33H,14-16H2,1-5H3,(H,29,35)/t17-,18+,19+,24-/m0/s1. The van der Waals surface area contributed by atoms with Gasteiger partial charge in [-0.15, -0.1) is 0 Å². The number of rotatable bonds is 6. The first kappa shape index (κ1) is 27.8. The Kier molecular flexibility index (Phi) is 9.33. The van der Waals surface area contributed by atoms with Crippen molar-refractivity contribution in [3.05, 3.63) is 47.7 Å². The number of urea groups is 1. The number of pyridine rings is 1. The first-order valence-corrected chi connectivity index (χ1v) is 12.1. The Balaban J connectivity index is 1.85. The van der Waals surface area contributed by atoms with E-state index in [-0.39, 0.29) is 42.5 Å². The number of amides is 3. The summed E-state index contributed by atoms with van der Waals surface area (Å²) in [6, 6.07) is 7.82. The Morgan fingerprint density at radius 3 is 2.68 bits per heavy atom. The molecule has 3 rings (SSSR count). The van der Waals surface area contributed by atoms with Gasteiger partial charge in [-0.25, -0.2) is 9.78 Å². The quantitative estimate of drug-likeness (QED) is 0.509. The maximum atomic E-state index is 13.4. The molecule has 3 N–H and O–H groups in total. The fourth-order valence-electron chi connectivity index (χ4n) is 3.82. The Morgan fingerprint density at radius 2 is 2.05 bits per heavy atom. The van der Waals surface area contributed by atoms with Gasteiger partial charge in [-0.2, -0.15) is 0 Å². The van der Waals surface area contributed by atoms with Crippen molar-refractivity contribution in [3.63, 3.8) is 0 Å².